The van der Waals surface area contributed by atoms with Gasteiger partial charge < -0.3 is 4.98 Å². The Morgan fingerprint density at radius 1 is 0.933 bits per heavy atom. The molecule has 0 aliphatic heterocycles. The second kappa shape index (κ2) is 2.97. The van der Waals surface area contributed by atoms with Crippen LogP contribution in [0.2, 0.25) is 5.02 Å². The van der Waals surface area contributed by atoms with Gasteiger partial charge in [-0.25, -0.2) is 4.39 Å². The molecular formula is C12H7ClFN. The number of hydrogen-bond acceptors (Lipinski definition) is 0. The van der Waals surface area contributed by atoms with Crippen molar-refractivity contribution in [1.82, 2.24) is 4.98 Å². The fourth-order valence-corrected chi connectivity index (χ4v) is 2.02. The summed E-state index contributed by atoms with van der Waals surface area (Å²) >= 11 is 5.92. The summed E-state index contributed by atoms with van der Waals surface area (Å²) in [5, 5.41) is 2.71. The molecule has 2 aromatic carbocycles. The van der Waals surface area contributed by atoms with Gasteiger partial charge in [0.05, 0.1) is 0 Å². The predicted octanol–water partition coefficient (Wildman–Crippen LogP) is 4.11. The van der Waals surface area contributed by atoms with Crippen molar-refractivity contribution in [3.63, 3.8) is 0 Å². The van der Waals surface area contributed by atoms with E-state index in [1.165, 1.54) is 12.1 Å². The van der Waals surface area contributed by atoms with Crippen LogP contribution in [0.5, 0.6) is 0 Å². The molecule has 0 amide bonds. The SMILES string of the molecule is Fc1ccc2c(c1)[nH]c1ccc(Cl)cc12. The lowest BCUT2D eigenvalue weighted by Crippen LogP contribution is -1.71. The molecule has 0 bridgehead atoms. The van der Waals surface area contributed by atoms with E-state index < -0.39 is 0 Å². The second-order valence-corrected chi connectivity index (χ2v) is 3.94. The molecule has 1 nitrogen and oxygen atoms in total. The zero-order chi connectivity index (χ0) is 10.4. The minimum atomic E-state index is -0.236. The van der Waals surface area contributed by atoms with Gasteiger partial charge in [0.2, 0.25) is 0 Å². The fourth-order valence-electron chi connectivity index (χ4n) is 1.85. The highest BCUT2D eigenvalue weighted by Crippen LogP contribution is 2.27. The summed E-state index contributed by atoms with van der Waals surface area (Å²) in [6.45, 7) is 0. The minimum Gasteiger partial charge on any atom is -0.354 e. The summed E-state index contributed by atoms with van der Waals surface area (Å²) < 4.78 is 13.0. The Bertz CT molecular complexity index is 657. The lowest BCUT2D eigenvalue weighted by Gasteiger charge is -1.92. The predicted molar refractivity (Wildman–Crippen MR) is 60.8 cm³/mol. The van der Waals surface area contributed by atoms with Crippen LogP contribution in [0, 0.1) is 5.82 Å². The van der Waals surface area contributed by atoms with E-state index in [9.17, 15) is 4.39 Å². The van der Waals surface area contributed by atoms with Crippen LogP contribution in [0.15, 0.2) is 36.4 Å². The topological polar surface area (TPSA) is 15.8 Å². The monoisotopic (exact) mass is 219 g/mol. The van der Waals surface area contributed by atoms with Crippen LogP contribution in [0.3, 0.4) is 0 Å². The van der Waals surface area contributed by atoms with E-state index >= 15 is 0 Å². The van der Waals surface area contributed by atoms with Crippen LogP contribution in [0.4, 0.5) is 4.39 Å². The number of aromatic nitrogens is 1. The van der Waals surface area contributed by atoms with Crippen molar-refractivity contribution >= 4 is 33.4 Å². The summed E-state index contributed by atoms with van der Waals surface area (Å²) in [5.74, 6) is -0.236. The molecule has 1 heterocycles. The maximum atomic E-state index is 13.0. The van der Waals surface area contributed by atoms with Gasteiger partial charge in [0.1, 0.15) is 5.82 Å². The largest absolute Gasteiger partial charge is 0.354 e. The smallest absolute Gasteiger partial charge is 0.125 e. The van der Waals surface area contributed by atoms with E-state index in [4.69, 9.17) is 11.6 Å². The van der Waals surface area contributed by atoms with Gasteiger partial charge in [0, 0.05) is 26.8 Å². The standard InChI is InChI=1S/C12H7ClFN/c13-7-1-4-11-10(5-7)9-3-2-8(14)6-12(9)15-11/h1-6,15H. The van der Waals surface area contributed by atoms with Crippen LogP contribution in [0.1, 0.15) is 0 Å². The molecule has 0 spiro atoms. The normalized spacial score (nSPS) is 11.3. The number of hydrogen-bond donors (Lipinski definition) is 1. The molecule has 3 aromatic rings. The van der Waals surface area contributed by atoms with Crippen molar-refractivity contribution in [3.8, 4) is 0 Å². The molecule has 3 rings (SSSR count). The van der Waals surface area contributed by atoms with Crippen molar-refractivity contribution < 1.29 is 4.39 Å². The molecule has 15 heavy (non-hydrogen) atoms. The molecule has 0 saturated heterocycles. The maximum Gasteiger partial charge on any atom is 0.125 e. The first-order chi connectivity index (χ1) is 7.24. The van der Waals surface area contributed by atoms with Crippen LogP contribution >= 0.6 is 11.6 Å². The highest BCUT2D eigenvalue weighted by atomic mass is 35.5. The van der Waals surface area contributed by atoms with Crippen LogP contribution in [-0.4, -0.2) is 4.98 Å². The number of fused-ring (bicyclic) bond motifs is 3. The molecule has 74 valence electrons. The Balaban J connectivity index is 2.53. The number of H-pyrrole nitrogens is 1. The summed E-state index contributed by atoms with van der Waals surface area (Å²) in [5.41, 5.74) is 1.77. The zero-order valence-corrected chi connectivity index (χ0v) is 8.48. The lowest BCUT2D eigenvalue weighted by molar-refractivity contribution is 0.629. The highest BCUT2D eigenvalue weighted by Gasteiger charge is 2.04. The van der Waals surface area contributed by atoms with Gasteiger partial charge in [0.15, 0.2) is 0 Å². The number of aromatic amines is 1. The van der Waals surface area contributed by atoms with Crippen LogP contribution < -0.4 is 0 Å². The van der Waals surface area contributed by atoms with Crippen molar-refractivity contribution in [3.05, 3.63) is 47.2 Å². The Labute approximate surface area is 90.5 Å². The average molecular weight is 220 g/mol. The molecule has 1 N–H and O–H groups in total. The van der Waals surface area contributed by atoms with Gasteiger partial charge in [-0.05, 0) is 36.4 Å². The molecule has 0 saturated carbocycles. The number of nitrogens with one attached hydrogen (secondary N) is 1. The van der Waals surface area contributed by atoms with Crippen molar-refractivity contribution in [2.45, 2.75) is 0 Å². The third-order valence-corrected chi connectivity index (χ3v) is 2.76. The zero-order valence-electron chi connectivity index (χ0n) is 7.72. The molecule has 1 aromatic heterocycles. The Hall–Kier alpha value is -1.54. The number of rotatable bonds is 0. The minimum absolute atomic E-state index is 0.236. The highest BCUT2D eigenvalue weighted by molar-refractivity contribution is 6.31. The molecule has 0 fully saturated rings. The quantitative estimate of drug-likeness (QED) is 0.586. The fraction of sp³-hybridized carbons (Fsp3) is 0. The summed E-state index contributed by atoms with van der Waals surface area (Å²) in [6, 6.07) is 10.3. The van der Waals surface area contributed by atoms with Gasteiger partial charge in [-0.15, -0.1) is 0 Å². The summed E-state index contributed by atoms with van der Waals surface area (Å²) in [4.78, 5) is 3.15. The molecule has 0 aliphatic rings. The van der Waals surface area contributed by atoms with Gasteiger partial charge in [-0.2, -0.15) is 0 Å². The first kappa shape index (κ1) is 8.74. The lowest BCUT2D eigenvalue weighted by atomic mass is 10.1. The maximum absolute atomic E-state index is 13.0. The first-order valence-corrected chi connectivity index (χ1v) is 4.98. The van der Waals surface area contributed by atoms with Crippen LogP contribution in [0.25, 0.3) is 21.8 Å². The van der Waals surface area contributed by atoms with Crippen LogP contribution in [-0.2, 0) is 0 Å². The van der Waals surface area contributed by atoms with Crippen molar-refractivity contribution in [2.75, 3.05) is 0 Å². The first-order valence-electron chi connectivity index (χ1n) is 4.60. The van der Waals surface area contributed by atoms with E-state index in [1.807, 2.05) is 18.2 Å². The van der Waals surface area contributed by atoms with Gasteiger partial charge >= 0.3 is 0 Å². The van der Waals surface area contributed by atoms with Gasteiger partial charge in [-0.1, -0.05) is 11.6 Å². The molecule has 0 aliphatic carbocycles. The van der Waals surface area contributed by atoms with E-state index in [-0.39, 0.29) is 5.82 Å². The Morgan fingerprint density at radius 2 is 1.80 bits per heavy atom. The Morgan fingerprint density at radius 3 is 2.67 bits per heavy atom. The van der Waals surface area contributed by atoms with Gasteiger partial charge in [-0.3, -0.25) is 0 Å². The van der Waals surface area contributed by atoms with E-state index in [2.05, 4.69) is 4.98 Å². The Kier molecular flexibility index (Phi) is 1.73. The second-order valence-electron chi connectivity index (χ2n) is 3.50. The van der Waals surface area contributed by atoms with E-state index in [0.29, 0.717) is 5.02 Å². The van der Waals surface area contributed by atoms with Crippen molar-refractivity contribution in [1.29, 1.82) is 0 Å². The van der Waals surface area contributed by atoms with E-state index in [1.54, 1.807) is 6.07 Å². The molecule has 0 atom stereocenters. The number of halogens is 2. The molecule has 3 heteroatoms. The molecule has 0 unspecified atom stereocenters. The van der Waals surface area contributed by atoms with E-state index in [0.717, 1.165) is 21.8 Å². The molecular weight excluding hydrogens is 213 g/mol. The average Bonchev–Trinajstić information content (AvgIpc) is 2.54. The third-order valence-electron chi connectivity index (χ3n) is 2.52. The third kappa shape index (κ3) is 1.29. The van der Waals surface area contributed by atoms with Gasteiger partial charge in [0.25, 0.3) is 0 Å². The molecule has 0 radical (unpaired) electrons. The summed E-state index contributed by atoms with van der Waals surface area (Å²) in [7, 11) is 0. The number of benzene rings is 2. The summed E-state index contributed by atoms with van der Waals surface area (Å²) in [6.07, 6.45) is 0. The van der Waals surface area contributed by atoms with Crippen molar-refractivity contribution in [2.24, 2.45) is 0 Å².